The molecule has 1 aliphatic heterocycles. The van der Waals surface area contributed by atoms with Gasteiger partial charge in [0.25, 0.3) is 0 Å². The molecule has 1 fully saturated rings. The van der Waals surface area contributed by atoms with Gasteiger partial charge >= 0.3 is 0 Å². The summed E-state index contributed by atoms with van der Waals surface area (Å²) in [5, 5.41) is 18.8. The molecule has 1 saturated heterocycles. The van der Waals surface area contributed by atoms with Crippen molar-refractivity contribution in [3.63, 3.8) is 0 Å². The summed E-state index contributed by atoms with van der Waals surface area (Å²) >= 11 is 0. The van der Waals surface area contributed by atoms with Gasteiger partial charge in [0.1, 0.15) is 0 Å². The Kier molecular flexibility index (Phi) is 3.79. The molecule has 4 nitrogen and oxygen atoms in total. The van der Waals surface area contributed by atoms with Gasteiger partial charge in [0.2, 0.25) is 0 Å². The summed E-state index contributed by atoms with van der Waals surface area (Å²) in [6.45, 7) is 3.53. The maximum atomic E-state index is 11.4. The molecule has 1 unspecified atom stereocenters. The minimum Gasteiger partial charge on any atom is -0.396 e. The molecule has 2 N–H and O–H groups in total. The maximum absolute atomic E-state index is 11.4. The first-order chi connectivity index (χ1) is 6.88. The maximum Gasteiger partial charge on any atom is 0.150 e. The molecule has 5 heteroatoms. The average Bonchev–Trinajstić information content (AvgIpc) is 2.49. The molecular weight excluding hydrogens is 216 g/mol. The molecule has 0 saturated carbocycles. The second-order valence-corrected chi connectivity index (χ2v) is 7.03. The summed E-state index contributed by atoms with van der Waals surface area (Å²) in [6, 6.07) is 0. The molecule has 0 aliphatic carbocycles. The summed E-state index contributed by atoms with van der Waals surface area (Å²) in [7, 11) is -2.95. The van der Waals surface area contributed by atoms with Gasteiger partial charge in [-0.05, 0) is 18.3 Å². The van der Waals surface area contributed by atoms with Crippen LogP contribution in [0.3, 0.4) is 0 Å². The number of sulfone groups is 1. The highest BCUT2D eigenvalue weighted by atomic mass is 32.2. The molecule has 90 valence electrons. The van der Waals surface area contributed by atoms with Gasteiger partial charge in [0.15, 0.2) is 9.84 Å². The zero-order valence-electron chi connectivity index (χ0n) is 9.31. The molecule has 15 heavy (non-hydrogen) atoms. The van der Waals surface area contributed by atoms with Crippen LogP contribution in [0.15, 0.2) is 0 Å². The van der Waals surface area contributed by atoms with E-state index in [-0.39, 0.29) is 36.6 Å². The fraction of sp³-hybridized carbons (Fsp3) is 1.00. The highest BCUT2D eigenvalue weighted by molar-refractivity contribution is 7.91. The third-order valence-corrected chi connectivity index (χ3v) is 5.55. The lowest BCUT2D eigenvalue weighted by atomic mass is 9.68. The normalized spacial score (nSPS) is 26.1. The fourth-order valence-electron chi connectivity index (χ4n) is 2.39. The van der Waals surface area contributed by atoms with Crippen LogP contribution in [0.1, 0.15) is 20.3 Å². The highest BCUT2D eigenvalue weighted by Crippen LogP contribution is 2.41. The first-order valence-electron chi connectivity index (χ1n) is 5.30. The minimum absolute atomic E-state index is 0.0748. The van der Waals surface area contributed by atoms with Crippen molar-refractivity contribution in [2.45, 2.75) is 20.3 Å². The van der Waals surface area contributed by atoms with E-state index in [0.29, 0.717) is 6.42 Å². The molecular formula is C10H20O4S. The molecule has 0 bridgehead atoms. The van der Waals surface area contributed by atoms with Crippen molar-refractivity contribution in [1.82, 2.24) is 0 Å². The van der Waals surface area contributed by atoms with Crippen molar-refractivity contribution >= 4 is 9.84 Å². The van der Waals surface area contributed by atoms with E-state index in [1.807, 2.05) is 13.8 Å². The van der Waals surface area contributed by atoms with Crippen molar-refractivity contribution in [1.29, 1.82) is 0 Å². The molecule has 0 radical (unpaired) electrons. The lowest BCUT2D eigenvalue weighted by molar-refractivity contribution is -0.0252. The summed E-state index contributed by atoms with van der Waals surface area (Å²) in [6.07, 6.45) is 0.557. The third kappa shape index (κ3) is 2.34. The smallest absolute Gasteiger partial charge is 0.150 e. The quantitative estimate of drug-likeness (QED) is 0.723. The van der Waals surface area contributed by atoms with Gasteiger partial charge in [-0.1, -0.05) is 13.8 Å². The van der Waals surface area contributed by atoms with Crippen LogP contribution >= 0.6 is 0 Å². The molecule has 1 atom stereocenters. The predicted molar refractivity (Wildman–Crippen MR) is 58.2 cm³/mol. The molecule has 0 spiro atoms. The summed E-state index contributed by atoms with van der Waals surface area (Å²) in [4.78, 5) is 0. The standard InChI is InChI=1S/C10H20O4S/c1-8(2)10(6-11,7-12)9-3-4-15(13,14)5-9/h8-9,11-12H,3-7H2,1-2H3. The molecule has 1 heterocycles. The van der Waals surface area contributed by atoms with Crippen LogP contribution in [0.5, 0.6) is 0 Å². The monoisotopic (exact) mass is 236 g/mol. The van der Waals surface area contributed by atoms with Gasteiger partial charge in [0.05, 0.1) is 24.7 Å². The summed E-state index contributed by atoms with van der Waals surface area (Å²) in [5.41, 5.74) is -0.649. The molecule has 1 aliphatic rings. The number of hydrogen-bond acceptors (Lipinski definition) is 4. The van der Waals surface area contributed by atoms with E-state index in [1.165, 1.54) is 0 Å². The van der Waals surface area contributed by atoms with E-state index in [1.54, 1.807) is 0 Å². The fourth-order valence-corrected chi connectivity index (χ4v) is 4.32. The second-order valence-electron chi connectivity index (χ2n) is 4.80. The topological polar surface area (TPSA) is 74.6 Å². The second kappa shape index (κ2) is 4.39. The zero-order chi connectivity index (χ0) is 11.7. The van der Waals surface area contributed by atoms with Crippen molar-refractivity contribution in [2.75, 3.05) is 24.7 Å². The molecule has 0 aromatic carbocycles. The third-order valence-electron chi connectivity index (χ3n) is 3.78. The predicted octanol–water partition coefficient (Wildman–Crippen LogP) is 0.0481. The first kappa shape index (κ1) is 12.9. The summed E-state index contributed by atoms with van der Waals surface area (Å²) in [5.74, 6) is 0.252. The van der Waals surface area contributed by atoms with Gasteiger partial charge in [-0.25, -0.2) is 8.42 Å². The van der Waals surface area contributed by atoms with Crippen molar-refractivity contribution in [2.24, 2.45) is 17.3 Å². The van der Waals surface area contributed by atoms with Gasteiger partial charge < -0.3 is 10.2 Å². The van der Waals surface area contributed by atoms with E-state index in [9.17, 15) is 18.6 Å². The Morgan fingerprint density at radius 2 is 1.87 bits per heavy atom. The summed E-state index contributed by atoms with van der Waals surface area (Å²) < 4.78 is 22.8. The molecule has 0 aromatic heterocycles. The Labute approximate surface area is 91.2 Å². The number of rotatable bonds is 4. The Morgan fingerprint density at radius 3 is 2.13 bits per heavy atom. The van der Waals surface area contributed by atoms with Crippen LogP contribution in [-0.2, 0) is 9.84 Å². The van der Waals surface area contributed by atoms with E-state index in [4.69, 9.17) is 0 Å². The van der Waals surface area contributed by atoms with E-state index >= 15 is 0 Å². The van der Waals surface area contributed by atoms with E-state index in [2.05, 4.69) is 0 Å². The Balaban J connectivity index is 2.92. The van der Waals surface area contributed by atoms with Gasteiger partial charge in [-0.15, -0.1) is 0 Å². The zero-order valence-corrected chi connectivity index (χ0v) is 10.1. The lowest BCUT2D eigenvalue weighted by Gasteiger charge is -2.39. The van der Waals surface area contributed by atoms with Crippen LogP contribution in [0.25, 0.3) is 0 Å². The largest absolute Gasteiger partial charge is 0.396 e. The molecule has 1 rings (SSSR count). The first-order valence-corrected chi connectivity index (χ1v) is 7.12. The lowest BCUT2D eigenvalue weighted by Crippen LogP contribution is -2.43. The van der Waals surface area contributed by atoms with Gasteiger partial charge in [0, 0.05) is 5.41 Å². The van der Waals surface area contributed by atoms with Gasteiger partial charge in [-0.2, -0.15) is 0 Å². The van der Waals surface area contributed by atoms with Crippen molar-refractivity contribution in [3.05, 3.63) is 0 Å². The van der Waals surface area contributed by atoms with Crippen LogP contribution in [0.4, 0.5) is 0 Å². The highest BCUT2D eigenvalue weighted by Gasteiger charge is 2.45. The van der Waals surface area contributed by atoms with E-state index < -0.39 is 15.3 Å². The SMILES string of the molecule is CC(C)C(CO)(CO)C1CCS(=O)(=O)C1. The molecule has 0 amide bonds. The minimum atomic E-state index is -2.95. The Morgan fingerprint density at radius 1 is 1.33 bits per heavy atom. The number of aliphatic hydroxyl groups excluding tert-OH is 2. The van der Waals surface area contributed by atoms with Crippen LogP contribution in [-0.4, -0.2) is 43.4 Å². The van der Waals surface area contributed by atoms with Crippen LogP contribution in [0, 0.1) is 17.3 Å². The number of aliphatic hydroxyl groups is 2. The number of hydrogen-bond donors (Lipinski definition) is 2. The van der Waals surface area contributed by atoms with Crippen LogP contribution < -0.4 is 0 Å². The average molecular weight is 236 g/mol. The molecule has 0 aromatic rings. The Bertz CT molecular complexity index is 303. The van der Waals surface area contributed by atoms with Crippen molar-refractivity contribution in [3.8, 4) is 0 Å². The Hall–Kier alpha value is -0.130. The van der Waals surface area contributed by atoms with Gasteiger partial charge in [-0.3, -0.25) is 0 Å². The van der Waals surface area contributed by atoms with E-state index in [0.717, 1.165) is 0 Å². The van der Waals surface area contributed by atoms with Crippen molar-refractivity contribution < 1.29 is 18.6 Å². The van der Waals surface area contributed by atoms with Crippen LogP contribution in [0.2, 0.25) is 0 Å².